The van der Waals surface area contributed by atoms with Crippen LogP contribution in [0.5, 0.6) is 0 Å². The van der Waals surface area contributed by atoms with Crippen molar-refractivity contribution in [3.05, 3.63) is 29.6 Å². The van der Waals surface area contributed by atoms with Crippen LogP contribution in [0.25, 0.3) is 0 Å². The number of carbonyl (C=O) groups excluding carboxylic acids is 2. The van der Waals surface area contributed by atoms with Crippen molar-refractivity contribution in [2.75, 3.05) is 18.4 Å². The summed E-state index contributed by atoms with van der Waals surface area (Å²) in [7, 11) is 0. The molecular weight excluding hydrogens is 249 g/mol. The quantitative estimate of drug-likeness (QED) is 0.682. The molecule has 0 aliphatic rings. The molecule has 1 aromatic carbocycles. The van der Waals surface area contributed by atoms with Crippen molar-refractivity contribution in [3.63, 3.8) is 0 Å². The van der Waals surface area contributed by atoms with E-state index < -0.39 is 11.7 Å². The first-order valence-electron chi connectivity index (χ1n) is 5.55. The van der Waals surface area contributed by atoms with Crippen molar-refractivity contribution in [1.29, 1.82) is 0 Å². The largest absolute Gasteiger partial charge is 0.347 e. The molecule has 0 bridgehead atoms. The van der Waals surface area contributed by atoms with Gasteiger partial charge >= 0.3 is 0 Å². The number of nitrogens with one attached hydrogen (secondary N) is 2. The van der Waals surface area contributed by atoms with Gasteiger partial charge in [-0.25, -0.2) is 4.39 Å². The van der Waals surface area contributed by atoms with Crippen molar-refractivity contribution >= 4 is 17.5 Å². The summed E-state index contributed by atoms with van der Waals surface area (Å²) < 4.78 is 13.1. The summed E-state index contributed by atoms with van der Waals surface area (Å²) >= 11 is 0. The summed E-state index contributed by atoms with van der Waals surface area (Å²) in [6.07, 6.45) is 0. The van der Waals surface area contributed by atoms with Crippen LogP contribution in [0.3, 0.4) is 0 Å². The fourth-order valence-corrected chi connectivity index (χ4v) is 1.27. The summed E-state index contributed by atoms with van der Waals surface area (Å²) in [5.74, 6) is 4.07. The lowest BCUT2D eigenvalue weighted by Crippen LogP contribution is -2.31. The van der Waals surface area contributed by atoms with E-state index in [0.29, 0.717) is 11.3 Å². The van der Waals surface area contributed by atoms with Crippen molar-refractivity contribution in [2.24, 2.45) is 5.73 Å². The SMILES string of the molecule is CC(=O)NCC(=O)Nc1ccc(F)cc1C#CCN. The van der Waals surface area contributed by atoms with E-state index in [1.54, 1.807) is 0 Å². The molecule has 1 rings (SSSR count). The van der Waals surface area contributed by atoms with Gasteiger partial charge in [-0.1, -0.05) is 11.8 Å². The van der Waals surface area contributed by atoms with Gasteiger partial charge in [-0.15, -0.1) is 0 Å². The van der Waals surface area contributed by atoms with E-state index in [2.05, 4.69) is 22.5 Å². The Morgan fingerprint density at radius 3 is 2.79 bits per heavy atom. The average molecular weight is 263 g/mol. The minimum atomic E-state index is -0.457. The lowest BCUT2D eigenvalue weighted by Gasteiger charge is -2.08. The number of anilines is 1. The third-order valence-electron chi connectivity index (χ3n) is 2.08. The lowest BCUT2D eigenvalue weighted by atomic mass is 10.1. The fraction of sp³-hybridized carbons (Fsp3) is 0.231. The molecule has 0 fully saturated rings. The Morgan fingerprint density at radius 1 is 1.42 bits per heavy atom. The predicted molar refractivity (Wildman–Crippen MR) is 69.6 cm³/mol. The van der Waals surface area contributed by atoms with E-state index in [9.17, 15) is 14.0 Å². The first kappa shape index (κ1) is 14.7. The van der Waals surface area contributed by atoms with Gasteiger partial charge in [-0.3, -0.25) is 9.59 Å². The van der Waals surface area contributed by atoms with Crippen molar-refractivity contribution in [3.8, 4) is 11.8 Å². The molecule has 0 spiro atoms. The van der Waals surface area contributed by atoms with Gasteiger partial charge in [0.1, 0.15) is 5.82 Å². The molecule has 1 aromatic rings. The highest BCUT2D eigenvalue weighted by atomic mass is 19.1. The maximum Gasteiger partial charge on any atom is 0.243 e. The third kappa shape index (κ3) is 5.19. The Morgan fingerprint density at radius 2 is 2.16 bits per heavy atom. The molecule has 0 saturated carbocycles. The molecule has 0 aliphatic heterocycles. The Bertz CT molecular complexity index is 547. The normalized spacial score (nSPS) is 9.21. The highest BCUT2D eigenvalue weighted by molar-refractivity contribution is 5.95. The van der Waals surface area contributed by atoms with E-state index in [1.165, 1.54) is 25.1 Å². The molecule has 0 atom stereocenters. The molecule has 0 heterocycles. The number of nitrogens with two attached hydrogens (primary N) is 1. The summed E-state index contributed by atoms with van der Waals surface area (Å²) in [4.78, 5) is 22.2. The van der Waals surface area contributed by atoms with Gasteiger partial charge in [0.15, 0.2) is 0 Å². The van der Waals surface area contributed by atoms with Crippen LogP contribution in [0.4, 0.5) is 10.1 Å². The first-order valence-corrected chi connectivity index (χ1v) is 5.55. The minimum absolute atomic E-state index is 0.135. The van der Waals surface area contributed by atoms with Crippen LogP contribution in [0.15, 0.2) is 18.2 Å². The molecule has 0 radical (unpaired) electrons. The topological polar surface area (TPSA) is 84.2 Å². The first-order chi connectivity index (χ1) is 9.02. The summed E-state index contributed by atoms with van der Waals surface area (Å²) in [6, 6.07) is 3.82. The summed E-state index contributed by atoms with van der Waals surface area (Å²) in [5, 5.41) is 4.90. The van der Waals surface area contributed by atoms with Crippen LogP contribution in [0.1, 0.15) is 12.5 Å². The monoisotopic (exact) mass is 263 g/mol. The molecule has 0 aromatic heterocycles. The van der Waals surface area contributed by atoms with Crippen LogP contribution >= 0.6 is 0 Å². The van der Waals surface area contributed by atoms with Crippen molar-refractivity contribution < 1.29 is 14.0 Å². The van der Waals surface area contributed by atoms with Crippen LogP contribution < -0.4 is 16.4 Å². The molecule has 0 saturated heterocycles. The Hall–Kier alpha value is -2.39. The minimum Gasteiger partial charge on any atom is -0.347 e. The molecule has 100 valence electrons. The number of rotatable bonds is 3. The van der Waals surface area contributed by atoms with Gasteiger partial charge in [-0.2, -0.15) is 0 Å². The zero-order chi connectivity index (χ0) is 14.3. The van der Waals surface area contributed by atoms with Gasteiger partial charge < -0.3 is 16.4 Å². The molecule has 19 heavy (non-hydrogen) atoms. The van der Waals surface area contributed by atoms with Gasteiger partial charge in [0.05, 0.1) is 24.3 Å². The van der Waals surface area contributed by atoms with Crippen LogP contribution in [-0.4, -0.2) is 24.9 Å². The average Bonchev–Trinajstić information content (AvgIpc) is 2.36. The molecule has 6 heteroatoms. The van der Waals surface area contributed by atoms with Gasteiger partial charge in [0.25, 0.3) is 0 Å². The van der Waals surface area contributed by atoms with Crippen LogP contribution in [0, 0.1) is 17.7 Å². The number of carbonyl (C=O) groups is 2. The highest BCUT2D eigenvalue weighted by Crippen LogP contribution is 2.15. The van der Waals surface area contributed by atoms with Crippen molar-refractivity contribution in [2.45, 2.75) is 6.92 Å². The number of halogens is 1. The van der Waals surface area contributed by atoms with Crippen LogP contribution in [-0.2, 0) is 9.59 Å². The number of benzene rings is 1. The Labute approximate surface area is 110 Å². The third-order valence-corrected chi connectivity index (χ3v) is 2.08. The van der Waals surface area contributed by atoms with E-state index in [0.717, 1.165) is 0 Å². The van der Waals surface area contributed by atoms with E-state index in [1.807, 2.05) is 0 Å². The molecule has 5 nitrogen and oxygen atoms in total. The van der Waals surface area contributed by atoms with Gasteiger partial charge in [-0.05, 0) is 18.2 Å². The summed E-state index contributed by atoms with van der Waals surface area (Å²) in [6.45, 7) is 1.29. The molecule has 0 unspecified atom stereocenters. The smallest absolute Gasteiger partial charge is 0.243 e. The summed E-state index contributed by atoms with van der Waals surface area (Å²) in [5.41, 5.74) is 5.95. The molecule has 2 amide bonds. The predicted octanol–water partition coefficient (Wildman–Crippen LogP) is 0.210. The van der Waals surface area contributed by atoms with Gasteiger partial charge in [0.2, 0.25) is 11.8 Å². The number of amides is 2. The maximum absolute atomic E-state index is 13.1. The Kier molecular flexibility index (Phi) is 5.51. The second kappa shape index (κ2) is 7.13. The standard InChI is InChI=1S/C13H14FN3O2/c1-9(18)16-8-13(19)17-12-5-4-11(14)7-10(12)3-2-6-15/h4-5,7H,6,8,15H2,1H3,(H,16,18)(H,17,19). The zero-order valence-electron chi connectivity index (χ0n) is 10.4. The second-order valence-electron chi connectivity index (χ2n) is 3.65. The van der Waals surface area contributed by atoms with E-state index in [-0.39, 0.29) is 19.0 Å². The zero-order valence-corrected chi connectivity index (χ0v) is 10.4. The van der Waals surface area contributed by atoms with Gasteiger partial charge in [0, 0.05) is 6.92 Å². The molecule has 0 aliphatic carbocycles. The second-order valence-corrected chi connectivity index (χ2v) is 3.65. The van der Waals surface area contributed by atoms with Crippen LogP contribution in [0.2, 0.25) is 0 Å². The number of hydrogen-bond donors (Lipinski definition) is 3. The van der Waals surface area contributed by atoms with Crippen molar-refractivity contribution in [1.82, 2.24) is 5.32 Å². The number of hydrogen-bond acceptors (Lipinski definition) is 3. The van der Waals surface area contributed by atoms with E-state index >= 15 is 0 Å². The maximum atomic E-state index is 13.1. The molecular formula is C13H14FN3O2. The fourth-order valence-electron chi connectivity index (χ4n) is 1.27. The van der Waals surface area contributed by atoms with E-state index in [4.69, 9.17) is 5.73 Å². The molecule has 4 N–H and O–H groups in total. The highest BCUT2D eigenvalue weighted by Gasteiger charge is 2.07. The Balaban J connectivity index is 2.82. The lowest BCUT2D eigenvalue weighted by molar-refractivity contribution is -0.122.